The lowest BCUT2D eigenvalue weighted by molar-refractivity contribution is -0.133. The van der Waals surface area contributed by atoms with Crippen LogP contribution in [0.1, 0.15) is 26.7 Å². The second-order valence-corrected chi connectivity index (χ2v) is 5.41. The minimum absolute atomic E-state index is 0.222. The molecule has 2 rings (SSSR count). The van der Waals surface area contributed by atoms with Gasteiger partial charge in [-0.05, 0) is 32.4 Å². The molecule has 1 N–H and O–H groups in total. The molecule has 0 saturated carbocycles. The molecule has 0 aromatic carbocycles. The molecule has 1 fully saturated rings. The molecule has 2 atom stereocenters. The number of amides is 1. The summed E-state index contributed by atoms with van der Waals surface area (Å²) in [6.45, 7) is 6.37. The van der Waals surface area contributed by atoms with Gasteiger partial charge in [-0.15, -0.1) is 0 Å². The molecule has 0 spiro atoms. The minimum Gasteiger partial charge on any atom is -0.492 e. The van der Waals surface area contributed by atoms with Crippen LogP contribution in [0.25, 0.3) is 0 Å². The molecule has 1 aliphatic rings. The van der Waals surface area contributed by atoms with Crippen LogP contribution >= 0.6 is 0 Å². The van der Waals surface area contributed by atoms with E-state index in [4.69, 9.17) is 4.74 Å². The maximum absolute atomic E-state index is 12.1. The van der Waals surface area contributed by atoms with Gasteiger partial charge in [-0.25, -0.2) is 0 Å². The van der Waals surface area contributed by atoms with E-state index in [0.29, 0.717) is 25.1 Å². The normalized spacial score (nSPS) is 22.6. The lowest BCUT2D eigenvalue weighted by Gasteiger charge is -2.36. The van der Waals surface area contributed by atoms with Crippen molar-refractivity contribution < 1.29 is 9.53 Å². The number of hydrogen-bond acceptors (Lipinski definition) is 4. The van der Waals surface area contributed by atoms with Crippen LogP contribution in [-0.4, -0.2) is 47.6 Å². The lowest BCUT2D eigenvalue weighted by atomic mass is 10.1. The zero-order valence-corrected chi connectivity index (χ0v) is 12.2. The second kappa shape index (κ2) is 7.24. The standard InChI is InChI=1S/C15H23N3O2/c1-12-10-18(11-13(2)17-12)15(19)6-4-8-20-14-5-3-7-16-9-14/h3,5,7,9,12-13,17H,4,6,8,10-11H2,1-2H3/t12-,13-/m0/s1. The third-order valence-corrected chi connectivity index (χ3v) is 3.35. The van der Waals surface area contributed by atoms with E-state index in [1.165, 1.54) is 0 Å². The summed E-state index contributed by atoms with van der Waals surface area (Å²) in [4.78, 5) is 18.1. The Bertz CT molecular complexity index is 414. The van der Waals surface area contributed by atoms with Gasteiger partial charge in [0.15, 0.2) is 0 Å². The van der Waals surface area contributed by atoms with Gasteiger partial charge in [0.25, 0.3) is 0 Å². The summed E-state index contributed by atoms with van der Waals surface area (Å²) < 4.78 is 5.54. The number of aromatic nitrogens is 1. The van der Waals surface area contributed by atoms with Crippen LogP contribution in [-0.2, 0) is 4.79 Å². The number of ether oxygens (including phenoxy) is 1. The van der Waals surface area contributed by atoms with Crippen molar-refractivity contribution in [3.05, 3.63) is 24.5 Å². The van der Waals surface area contributed by atoms with E-state index in [9.17, 15) is 4.79 Å². The first kappa shape index (κ1) is 14.8. The summed E-state index contributed by atoms with van der Waals surface area (Å²) >= 11 is 0. The molecule has 1 aromatic rings. The number of pyridine rings is 1. The molecular weight excluding hydrogens is 254 g/mol. The van der Waals surface area contributed by atoms with Gasteiger partial charge in [-0.1, -0.05) is 0 Å². The Labute approximate surface area is 120 Å². The van der Waals surface area contributed by atoms with Crippen LogP contribution in [0.5, 0.6) is 5.75 Å². The fourth-order valence-electron chi connectivity index (χ4n) is 2.53. The average Bonchev–Trinajstić information content (AvgIpc) is 2.43. The van der Waals surface area contributed by atoms with Crippen LogP contribution in [0, 0.1) is 0 Å². The molecule has 0 radical (unpaired) electrons. The van der Waals surface area contributed by atoms with Crippen molar-refractivity contribution in [3.8, 4) is 5.75 Å². The predicted octanol–water partition coefficient (Wildman–Crippen LogP) is 1.45. The van der Waals surface area contributed by atoms with Crippen LogP contribution in [0.2, 0.25) is 0 Å². The number of hydrogen-bond donors (Lipinski definition) is 1. The SMILES string of the molecule is C[C@H]1CN(C(=O)CCCOc2cccnc2)C[C@H](C)N1. The summed E-state index contributed by atoms with van der Waals surface area (Å²) in [5, 5.41) is 3.43. The van der Waals surface area contributed by atoms with Gasteiger partial charge in [-0.2, -0.15) is 0 Å². The smallest absolute Gasteiger partial charge is 0.222 e. The molecule has 110 valence electrons. The minimum atomic E-state index is 0.222. The lowest BCUT2D eigenvalue weighted by Crippen LogP contribution is -2.55. The predicted molar refractivity (Wildman–Crippen MR) is 77.6 cm³/mol. The van der Waals surface area contributed by atoms with E-state index >= 15 is 0 Å². The molecular formula is C15H23N3O2. The Balaban J connectivity index is 1.67. The number of nitrogens with one attached hydrogen (secondary N) is 1. The molecule has 5 heteroatoms. The fourth-order valence-corrected chi connectivity index (χ4v) is 2.53. The topological polar surface area (TPSA) is 54.5 Å². The summed E-state index contributed by atoms with van der Waals surface area (Å²) in [6.07, 6.45) is 4.67. The first-order valence-electron chi connectivity index (χ1n) is 7.22. The van der Waals surface area contributed by atoms with Crippen molar-refractivity contribution >= 4 is 5.91 Å². The zero-order chi connectivity index (χ0) is 14.4. The quantitative estimate of drug-likeness (QED) is 0.828. The molecule has 0 unspecified atom stereocenters. The van der Waals surface area contributed by atoms with E-state index < -0.39 is 0 Å². The number of piperazine rings is 1. The third-order valence-electron chi connectivity index (χ3n) is 3.35. The third kappa shape index (κ3) is 4.49. The van der Waals surface area contributed by atoms with Crippen LogP contribution in [0.4, 0.5) is 0 Å². The van der Waals surface area contributed by atoms with E-state index in [1.807, 2.05) is 17.0 Å². The van der Waals surface area contributed by atoms with E-state index in [1.54, 1.807) is 12.4 Å². The van der Waals surface area contributed by atoms with Gasteiger partial charge >= 0.3 is 0 Å². The zero-order valence-electron chi connectivity index (χ0n) is 12.2. The Morgan fingerprint density at radius 2 is 2.20 bits per heavy atom. The van der Waals surface area contributed by atoms with Crippen LogP contribution in [0.3, 0.4) is 0 Å². The first-order chi connectivity index (χ1) is 9.65. The largest absolute Gasteiger partial charge is 0.492 e. The maximum atomic E-state index is 12.1. The van der Waals surface area contributed by atoms with Crippen molar-refractivity contribution in [2.75, 3.05) is 19.7 Å². The maximum Gasteiger partial charge on any atom is 0.222 e. The number of carbonyl (C=O) groups excluding carboxylic acids is 1. The van der Waals surface area contributed by atoms with Crippen molar-refractivity contribution in [1.82, 2.24) is 15.2 Å². The van der Waals surface area contributed by atoms with Crippen molar-refractivity contribution in [2.24, 2.45) is 0 Å². The summed E-state index contributed by atoms with van der Waals surface area (Å²) in [7, 11) is 0. The van der Waals surface area contributed by atoms with Gasteiger partial charge in [0, 0.05) is 37.8 Å². The van der Waals surface area contributed by atoms with Gasteiger partial charge in [0.05, 0.1) is 12.8 Å². The Kier molecular flexibility index (Phi) is 5.35. The number of rotatable bonds is 5. The monoisotopic (exact) mass is 277 g/mol. The van der Waals surface area contributed by atoms with Crippen molar-refractivity contribution in [1.29, 1.82) is 0 Å². The first-order valence-corrected chi connectivity index (χ1v) is 7.22. The average molecular weight is 277 g/mol. The summed E-state index contributed by atoms with van der Waals surface area (Å²) in [6, 6.07) is 4.45. The van der Waals surface area contributed by atoms with Gasteiger partial charge in [0.2, 0.25) is 5.91 Å². The van der Waals surface area contributed by atoms with Crippen molar-refractivity contribution in [3.63, 3.8) is 0 Å². The molecule has 2 heterocycles. The van der Waals surface area contributed by atoms with Gasteiger partial charge in [-0.3, -0.25) is 9.78 Å². The Hall–Kier alpha value is -1.62. The summed E-state index contributed by atoms with van der Waals surface area (Å²) in [5.74, 6) is 0.976. The van der Waals surface area contributed by atoms with Gasteiger partial charge in [0.1, 0.15) is 5.75 Å². The Morgan fingerprint density at radius 1 is 1.45 bits per heavy atom. The molecule has 5 nitrogen and oxygen atoms in total. The molecule has 1 aromatic heterocycles. The highest BCUT2D eigenvalue weighted by Crippen LogP contribution is 2.09. The molecule has 20 heavy (non-hydrogen) atoms. The molecule has 0 bridgehead atoms. The molecule has 1 aliphatic heterocycles. The van der Waals surface area contributed by atoms with E-state index in [2.05, 4.69) is 24.1 Å². The molecule has 1 saturated heterocycles. The fraction of sp³-hybridized carbons (Fsp3) is 0.600. The Morgan fingerprint density at radius 3 is 2.85 bits per heavy atom. The highest BCUT2D eigenvalue weighted by atomic mass is 16.5. The van der Waals surface area contributed by atoms with E-state index in [0.717, 1.165) is 25.3 Å². The number of nitrogens with zero attached hydrogens (tertiary/aromatic N) is 2. The molecule has 1 amide bonds. The molecule has 0 aliphatic carbocycles. The number of carbonyl (C=O) groups is 1. The van der Waals surface area contributed by atoms with E-state index in [-0.39, 0.29) is 5.91 Å². The second-order valence-electron chi connectivity index (χ2n) is 5.41. The summed E-state index contributed by atoms with van der Waals surface area (Å²) in [5.41, 5.74) is 0. The van der Waals surface area contributed by atoms with Crippen LogP contribution < -0.4 is 10.1 Å². The van der Waals surface area contributed by atoms with Crippen molar-refractivity contribution in [2.45, 2.75) is 38.8 Å². The van der Waals surface area contributed by atoms with Gasteiger partial charge < -0.3 is 15.0 Å². The van der Waals surface area contributed by atoms with Crippen LogP contribution in [0.15, 0.2) is 24.5 Å². The highest BCUT2D eigenvalue weighted by Gasteiger charge is 2.24. The highest BCUT2D eigenvalue weighted by molar-refractivity contribution is 5.76.